The summed E-state index contributed by atoms with van der Waals surface area (Å²) in [7, 11) is 0. The van der Waals surface area contributed by atoms with E-state index in [1.165, 1.54) is 5.56 Å². The van der Waals surface area contributed by atoms with Crippen molar-refractivity contribution in [3.8, 4) is 0 Å². The van der Waals surface area contributed by atoms with Gasteiger partial charge in [0.15, 0.2) is 0 Å². The Labute approximate surface area is 108 Å². The Bertz CT molecular complexity index is 465. The van der Waals surface area contributed by atoms with Gasteiger partial charge in [0.25, 0.3) is 0 Å². The van der Waals surface area contributed by atoms with E-state index < -0.39 is 0 Å². The van der Waals surface area contributed by atoms with Crippen molar-refractivity contribution in [2.24, 2.45) is 0 Å². The second kappa shape index (κ2) is 5.21. The topological polar surface area (TPSA) is 42.7 Å². The average Bonchev–Trinajstić information content (AvgIpc) is 2.82. The number of rotatable bonds is 4. The fraction of sp³-hybridized carbons (Fsp3) is 0.429. The van der Waals surface area contributed by atoms with Crippen LogP contribution in [0.15, 0.2) is 36.8 Å². The third-order valence-electron chi connectivity index (χ3n) is 2.84. The summed E-state index contributed by atoms with van der Waals surface area (Å²) in [5.74, 6) is 0.912. The SMILES string of the molecule is CC(C)(C)c1ccc(NCCn2cccn2)nc1. The molecule has 0 aliphatic heterocycles. The summed E-state index contributed by atoms with van der Waals surface area (Å²) in [4.78, 5) is 4.42. The number of anilines is 1. The van der Waals surface area contributed by atoms with E-state index in [-0.39, 0.29) is 5.41 Å². The van der Waals surface area contributed by atoms with Crippen LogP contribution in [0.3, 0.4) is 0 Å². The molecule has 0 saturated heterocycles. The van der Waals surface area contributed by atoms with Gasteiger partial charge in [0.1, 0.15) is 5.82 Å². The van der Waals surface area contributed by atoms with E-state index in [1.807, 2.05) is 29.2 Å². The van der Waals surface area contributed by atoms with Crippen LogP contribution in [0.4, 0.5) is 5.82 Å². The molecule has 0 radical (unpaired) electrons. The molecule has 4 heteroatoms. The van der Waals surface area contributed by atoms with E-state index in [2.05, 4.69) is 42.2 Å². The molecule has 0 atom stereocenters. The van der Waals surface area contributed by atoms with Gasteiger partial charge in [-0.15, -0.1) is 0 Å². The normalized spacial score (nSPS) is 11.5. The smallest absolute Gasteiger partial charge is 0.125 e. The van der Waals surface area contributed by atoms with Gasteiger partial charge in [0, 0.05) is 25.1 Å². The van der Waals surface area contributed by atoms with Crippen molar-refractivity contribution in [2.45, 2.75) is 32.7 Å². The average molecular weight is 244 g/mol. The van der Waals surface area contributed by atoms with Crippen LogP contribution >= 0.6 is 0 Å². The summed E-state index contributed by atoms with van der Waals surface area (Å²) in [6.45, 7) is 8.23. The van der Waals surface area contributed by atoms with Gasteiger partial charge in [-0.2, -0.15) is 5.10 Å². The van der Waals surface area contributed by atoms with Crippen LogP contribution in [0.1, 0.15) is 26.3 Å². The Morgan fingerprint density at radius 3 is 2.67 bits per heavy atom. The van der Waals surface area contributed by atoms with E-state index in [0.29, 0.717) is 0 Å². The van der Waals surface area contributed by atoms with Crippen molar-refractivity contribution in [1.82, 2.24) is 14.8 Å². The van der Waals surface area contributed by atoms with Crippen LogP contribution in [-0.4, -0.2) is 21.3 Å². The maximum absolute atomic E-state index is 4.42. The summed E-state index contributed by atoms with van der Waals surface area (Å²) >= 11 is 0. The molecule has 0 bridgehead atoms. The summed E-state index contributed by atoms with van der Waals surface area (Å²) in [6, 6.07) is 6.09. The fourth-order valence-corrected chi connectivity index (χ4v) is 1.67. The molecule has 1 N–H and O–H groups in total. The van der Waals surface area contributed by atoms with E-state index in [4.69, 9.17) is 0 Å². The first kappa shape index (κ1) is 12.6. The predicted octanol–water partition coefficient (Wildman–Crippen LogP) is 2.69. The van der Waals surface area contributed by atoms with Crippen molar-refractivity contribution in [3.05, 3.63) is 42.4 Å². The zero-order chi connectivity index (χ0) is 13.0. The molecule has 0 unspecified atom stereocenters. The summed E-state index contributed by atoms with van der Waals surface area (Å²) in [5.41, 5.74) is 1.40. The van der Waals surface area contributed by atoms with Gasteiger partial charge in [0.2, 0.25) is 0 Å². The van der Waals surface area contributed by atoms with E-state index in [0.717, 1.165) is 18.9 Å². The van der Waals surface area contributed by atoms with Crippen molar-refractivity contribution in [2.75, 3.05) is 11.9 Å². The van der Waals surface area contributed by atoms with Gasteiger partial charge in [-0.3, -0.25) is 4.68 Å². The minimum absolute atomic E-state index is 0.153. The molecular formula is C14H20N4. The molecule has 2 heterocycles. The molecule has 0 spiro atoms. The van der Waals surface area contributed by atoms with E-state index in [1.54, 1.807) is 6.20 Å². The zero-order valence-electron chi connectivity index (χ0n) is 11.2. The van der Waals surface area contributed by atoms with Gasteiger partial charge in [-0.05, 0) is 23.1 Å². The van der Waals surface area contributed by atoms with Crippen LogP contribution in [0.25, 0.3) is 0 Å². The Kier molecular flexibility index (Phi) is 3.65. The predicted molar refractivity (Wildman–Crippen MR) is 73.7 cm³/mol. The Morgan fingerprint density at radius 2 is 2.11 bits per heavy atom. The summed E-state index contributed by atoms with van der Waals surface area (Å²) < 4.78 is 1.90. The van der Waals surface area contributed by atoms with Crippen LogP contribution < -0.4 is 5.32 Å². The highest BCUT2D eigenvalue weighted by atomic mass is 15.3. The standard InChI is InChI=1S/C14H20N4/c1-14(2,3)12-5-6-13(16-11-12)15-8-10-18-9-4-7-17-18/h4-7,9,11H,8,10H2,1-3H3,(H,15,16). The zero-order valence-corrected chi connectivity index (χ0v) is 11.2. The Morgan fingerprint density at radius 1 is 1.28 bits per heavy atom. The van der Waals surface area contributed by atoms with E-state index >= 15 is 0 Å². The first-order chi connectivity index (χ1) is 8.55. The third-order valence-corrected chi connectivity index (χ3v) is 2.84. The molecule has 0 amide bonds. The largest absolute Gasteiger partial charge is 0.368 e. The maximum Gasteiger partial charge on any atom is 0.125 e. The highest BCUT2D eigenvalue weighted by Gasteiger charge is 2.13. The molecule has 2 aromatic heterocycles. The van der Waals surface area contributed by atoms with Crippen LogP contribution in [0.5, 0.6) is 0 Å². The Hall–Kier alpha value is -1.84. The number of nitrogens with zero attached hydrogens (tertiary/aromatic N) is 3. The van der Waals surface area contributed by atoms with Gasteiger partial charge in [-0.25, -0.2) is 4.98 Å². The highest BCUT2D eigenvalue weighted by molar-refractivity contribution is 5.36. The van der Waals surface area contributed by atoms with Crippen LogP contribution in [-0.2, 0) is 12.0 Å². The highest BCUT2D eigenvalue weighted by Crippen LogP contribution is 2.21. The van der Waals surface area contributed by atoms with Crippen molar-refractivity contribution in [1.29, 1.82) is 0 Å². The molecule has 0 fully saturated rings. The van der Waals surface area contributed by atoms with Crippen molar-refractivity contribution < 1.29 is 0 Å². The quantitative estimate of drug-likeness (QED) is 0.899. The lowest BCUT2D eigenvalue weighted by Crippen LogP contribution is -2.13. The second-order valence-electron chi connectivity index (χ2n) is 5.38. The lowest BCUT2D eigenvalue weighted by Gasteiger charge is -2.18. The van der Waals surface area contributed by atoms with Crippen LogP contribution in [0.2, 0.25) is 0 Å². The molecule has 0 aromatic carbocycles. The van der Waals surface area contributed by atoms with E-state index in [9.17, 15) is 0 Å². The molecule has 2 aromatic rings. The third kappa shape index (κ3) is 3.32. The first-order valence-corrected chi connectivity index (χ1v) is 6.23. The lowest BCUT2D eigenvalue weighted by molar-refractivity contribution is 0.587. The van der Waals surface area contributed by atoms with Crippen molar-refractivity contribution >= 4 is 5.82 Å². The van der Waals surface area contributed by atoms with Gasteiger partial charge in [-0.1, -0.05) is 26.8 Å². The van der Waals surface area contributed by atoms with Crippen molar-refractivity contribution in [3.63, 3.8) is 0 Å². The minimum Gasteiger partial charge on any atom is -0.368 e. The molecule has 96 valence electrons. The fourth-order valence-electron chi connectivity index (χ4n) is 1.67. The van der Waals surface area contributed by atoms with Gasteiger partial charge in [0.05, 0.1) is 6.54 Å². The second-order valence-corrected chi connectivity index (χ2v) is 5.38. The number of hydrogen-bond acceptors (Lipinski definition) is 3. The summed E-state index contributed by atoms with van der Waals surface area (Å²) in [6.07, 6.45) is 5.68. The Balaban J connectivity index is 1.87. The van der Waals surface area contributed by atoms with Gasteiger partial charge >= 0.3 is 0 Å². The number of hydrogen-bond donors (Lipinski definition) is 1. The maximum atomic E-state index is 4.42. The molecule has 4 nitrogen and oxygen atoms in total. The first-order valence-electron chi connectivity index (χ1n) is 6.23. The molecule has 0 aliphatic rings. The number of pyridine rings is 1. The summed E-state index contributed by atoms with van der Waals surface area (Å²) in [5, 5.41) is 7.44. The molecular weight excluding hydrogens is 224 g/mol. The van der Waals surface area contributed by atoms with Crippen LogP contribution in [0, 0.1) is 0 Å². The monoisotopic (exact) mass is 244 g/mol. The lowest BCUT2D eigenvalue weighted by atomic mass is 9.88. The number of aromatic nitrogens is 3. The molecule has 0 saturated carbocycles. The molecule has 0 aliphatic carbocycles. The molecule has 18 heavy (non-hydrogen) atoms. The van der Waals surface area contributed by atoms with Gasteiger partial charge < -0.3 is 5.32 Å². The molecule has 2 rings (SSSR count). The number of nitrogens with one attached hydrogen (secondary N) is 1. The minimum atomic E-state index is 0.153.